The lowest BCUT2D eigenvalue weighted by molar-refractivity contribution is -0.132. The normalized spacial score (nSPS) is 31.8. The number of nitrogens with zero attached hydrogens (tertiary/aromatic N) is 1. The van der Waals surface area contributed by atoms with Crippen molar-refractivity contribution >= 4 is 29.4 Å². The van der Waals surface area contributed by atoms with E-state index in [4.69, 9.17) is 0 Å². The van der Waals surface area contributed by atoms with E-state index in [9.17, 15) is 4.79 Å². The minimum Gasteiger partial charge on any atom is -0.339 e. The summed E-state index contributed by atoms with van der Waals surface area (Å²) >= 11 is 3.91. The van der Waals surface area contributed by atoms with Gasteiger partial charge in [-0.1, -0.05) is 0 Å². The van der Waals surface area contributed by atoms with Gasteiger partial charge in [-0.05, 0) is 25.6 Å². The first kappa shape index (κ1) is 12.6. The first-order valence-corrected chi connectivity index (χ1v) is 8.17. The van der Waals surface area contributed by atoms with E-state index in [-0.39, 0.29) is 6.04 Å². The lowest BCUT2D eigenvalue weighted by Crippen LogP contribution is -2.47. The summed E-state index contributed by atoms with van der Waals surface area (Å²) in [6.07, 6.45) is 2.60. The number of hydrogen-bond donors (Lipinski definition) is 1. The van der Waals surface area contributed by atoms with Crippen LogP contribution >= 0.6 is 23.5 Å². The van der Waals surface area contributed by atoms with E-state index in [1.807, 2.05) is 30.6 Å². The zero-order valence-electron chi connectivity index (χ0n) is 9.78. The molecule has 2 aliphatic rings. The van der Waals surface area contributed by atoms with Crippen LogP contribution in [-0.4, -0.2) is 59.5 Å². The third-order valence-electron chi connectivity index (χ3n) is 3.20. The van der Waals surface area contributed by atoms with Crippen LogP contribution in [-0.2, 0) is 4.79 Å². The molecule has 2 aliphatic heterocycles. The molecule has 1 N–H and O–H groups in total. The molecule has 16 heavy (non-hydrogen) atoms. The largest absolute Gasteiger partial charge is 0.339 e. The molecule has 0 aromatic heterocycles. The van der Waals surface area contributed by atoms with Gasteiger partial charge in [-0.15, -0.1) is 0 Å². The average molecular weight is 260 g/mol. The van der Waals surface area contributed by atoms with Gasteiger partial charge in [0.05, 0.1) is 6.04 Å². The molecular formula is C11H20N2OS2. The first-order valence-electron chi connectivity index (χ1n) is 5.96. The molecule has 0 aromatic rings. The Morgan fingerprint density at radius 3 is 3.06 bits per heavy atom. The van der Waals surface area contributed by atoms with Gasteiger partial charge in [-0.25, -0.2) is 0 Å². The van der Waals surface area contributed by atoms with Gasteiger partial charge in [0.1, 0.15) is 0 Å². The van der Waals surface area contributed by atoms with E-state index in [0.29, 0.717) is 11.2 Å². The number of carbonyl (C=O) groups excluding carboxylic acids is 1. The number of hydrogen-bond acceptors (Lipinski definition) is 4. The summed E-state index contributed by atoms with van der Waals surface area (Å²) in [4.78, 5) is 14.3. The van der Waals surface area contributed by atoms with Gasteiger partial charge >= 0.3 is 0 Å². The highest BCUT2D eigenvalue weighted by Gasteiger charge is 2.28. The third-order valence-corrected chi connectivity index (χ3v) is 5.62. The fourth-order valence-electron chi connectivity index (χ4n) is 2.20. The summed E-state index contributed by atoms with van der Waals surface area (Å²) < 4.78 is 0. The van der Waals surface area contributed by atoms with E-state index < -0.39 is 0 Å². The Balaban J connectivity index is 1.92. The van der Waals surface area contributed by atoms with Crippen LogP contribution in [0.3, 0.4) is 0 Å². The Morgan fingerprint density at radius 1 is 1.50 bits per heavy atom. The number of likely N-dealkylation sites (N-methyl/N-ethyl adjacent to an activating group) is 1. The van der Waals surface area contributed by atoms with E-state index >= 15 is 0 Å². The third kappa shape index (κ3) is 3.08. The lowest BCUT2D eigenvalue weighted by Gasteiger charge is -2.26. The van der Waals surface area contributed by atoms with Crippen LogP contribution in [0, 0.1) is 0 Å². The minimum absolute atomic E-state index is 0.0268. The Hall–Kier alpha value is 0.130. The van der Waals surface area contributed by atoms with Crippen LogP contribution < -0.4 is 5.32 Å². The van der Waals surface area contributed by atoms with Gasteiger partial charge < -0.3 is 10.2 Å². The lowest BCUT2D eigenvalue weighted by atomic mass is 10.2. The van der Waals surface area contributed by atoms with Crippen molar-refractivity contribution in [2.75, 3.05) is 37.4 Å². The Kier molecular flexibility index (Phi) is 4.85. The Bertz CT molecular complexity index is 244. The molecule has 0 spiro atoms. The molecule has 2 unspecified atom stereocenters. The molecule has 0 aliphatic carbocycles. The van der Waals surface area contributed by atoms with Crippen LogP contribution in [0.4, 0.5) is 0 Å². The SMILES string of the molecule is CNC1CSCCN(CC2CCCS2)C1=O. The molecule has 2 atom stereocenters. The van der Waals surface area contributed by atoms with Crippen molar-refractivity contribution in [2.24, 2.45) is 0 Å². The van der Waals surface area contributed by atoms with Crippen molar-refractivity contribution < 1.29 is 4.79 Å². The fourth-order valence-corrected chi connectivity index (χ4v) is 4.55. The van der Waals surface area contributed by atoms with Gasteiger partial charge in [0, 0.05) is 29.8 Å². The predicted octanol–water partition coefficient (Wildman–Crippen LogP) is 1.05. The highest BCUT2D eigenvalue weighted by molar-refractivity contribution is 8.00. The second kappa shape index (κ2) is 6.17. The van der Waals surface area contributed by atoms with Gasteiger partial charge in [0.2, 0.25) is 5.91 Å². The predicted molar refractivity (Wildman–Crippen MR) is 72.2 cm³/mol. The van der Waals surface area contributed by atoms with Crippen molar-refractivity contribution in [1.82, 2.24) is 10.2 Å². The summed E-state index contributed by atoms with van der Waals surface area (Å²) in [5.41, 5.74) is 0. The highest BCUT2D eigenvalue weighted by atomic mass is 32.2. The molecule has 2 rings (SSSR count). The molecule has 0 aromatic carbocycles. The number of rotatable bonds is 3. The second-order valence-electron chi connectivity index (χ2n) is 4.34. The first-order chi connectivity index (χ1) is 7.81. The smallest absolute Gasteiger partial charge is 0.240 e. The maximum Gasteiger partial charge on any atom is 0.240 e. The van der Waals surface area contributed by atoms with Crippen LogP contribution in [0.1, 0.15) is 12.8 Å². The van der Waals surface area contributed by atoms with Gasteiger partial charge in [0.25, 0.3) is 0 Å². The van der Waals surface area contributed by atoms with E-state index in [2.05, 4.69) is 10.2 Å². The number of nitrogens with one attached hydrogen (secondary N) is 1. The summed E-state index contributed by atoms with van der Waals surface area (Å²) in [6, 6.07) is 0.0268. The number of amides is 1. The van der Waals surface area contributed by atoms with E-state index in [1.165, 1.54) is 18.6 Å². The number of carbonyl (C=O) groups is 1. The molecule has 2 saturated heterocycles. The summed E-state index contributed by atoms with van der Waals surface area (Å²) in [5.74, 6) is 3.59. The van der Waals surface area contributed by atoms with Crippen LogP contribution in [0.5, 0.6) is 0 Å². The van der Waals surface area contributed by atoms with Crippen LogP contribution in [0.2, 0.25) is 0 Å². The fraction of sp³-hybridized carbons (Fsp3) is 0.909. The highest BCUT2D eigenvalue weighted by Crippen LogP contribution is 2.27. The van der Waals surface area contributed by atoms with Gasteiger partial charge in [-0.2, -0.15) is 23.5 Å². The molecule has 0 radical (unpaired) electrons. The summed E-state index contributed by atoms with van der Waals surface area (Å²) in [6.45, 7) is 1.89. The maximum absolute atomic E-state index is 12.2. The van der Waals surface area contributed by atoms with Crippen molar-refractivity contribution in [2.45, 2.75) is 24.1 Å². The van der Waals surface area contributed by atoms with Crippen molar-refractivity contribution in [1.29, 1.82) is 0 Å². The van der Waals surface area contributed by atoms with Crippen molar-refractivity contribution in [3.8, 4) is 0 Å². The van der Waals surface area contributed by atoms with E-state index in [0.717, 1.165) is 24.6 Å². The Morgan fingerprint density at radius 2 is 2.38 bits per heavy atom. The average Bonchev–Trinajstić information content (AvgIpc) is 2.73. The topological polar surface area (TPSA) is 32.3 Å². The van der Waals surface area contributed by atoms with Crippen molar-refractivity contribution in [3.63, 3.8) is 0 Å². The quantitative estimate of drug-likeness (QED) is 0.822. The maximum atomic E-state index is 12.2. The summed E-state index contributed by atoms with van der Waals surface area (Å²) in [5, 5.41) is 3.81. The molecule has 0 saturated carbocycles. The molecular weight excluding hydrogens is 240 g/mol. The molecule has 5 heteroatoms. The molecule has 1 amide bonds. The second-order valence-corrected chi connectivity index (χ2v) is 6.89. The van der Waals surface area contributed by atoms with Crippen molar-refractivity contribution in [3.05, 3.63) is 0 Å². The number of thioether (sulfide) groups is 2. The molecule has 3 nitrogen and oxygen atoms in total. The Labute approximate surface area is 106 Å². The van der Waals surface area contributed by atoms with Gasteiger partial charge in [-0.3, -0.25) is 4.79 Å². The molecule has 2 heterocycles. The van der Waals surface area contributed by atoms with E-state index in [1.54, 1.807) is 0 Å². The monoisotopic (exact) mass is 260 g/mol. The van der Waals surface area contributed by atoms with Crippen LogP contribution in [0.15, 0.2) is 0 Å². The molecule has 2 fully saturated rings. The molecule has 0 bridgehead atoms. The zero-order chi connectivity index (χ0) is 11.4. The minimum atomic E-state index is 0.0268. The van der Waals surface area contributed by atoms with Gasteiger partial charge in [0.15, 0.2) is 0 Å². The summed E-state index contributed by atoms with van der Waals surface area (Å²) in [7, 11) is 1.89. The molecule has 92 valence electrons. The standard InChI is InChI=1S/C11H20N2OS2/c1-12-10-8-15-6-4-13(11(10)14)7-9-3-2-5-16-9/h9-10,12H,2-8H2,1H3. The zero-order valence-corrected chi connectivity index (χ0v) is 11.4. The van der Waals surface area contributed by atoms with Crippen LogP contribution in [0.25, 0.3) is 0 Å².